The molecule has 20 heavy (non-hydrogen) atoms. The smallest absolute Gasteiger partial charge is 0.308 e. The van der Waals surface area contributed by atoms with E-state index >= 15 is 0 Å². The molecule has 1 rings (SSSR count). The number of ether oxygens (including phenoxy) is 1. The van der Waals surface area contributed by atoms with Crippen molar-refractivity contribution >= 4 is 11.9 Å². The van der Waals surface area contributed by atoms with E-state index in [2.05, 4.69) is 10.6 Å². The zero-order valence-electron chi connectivity index (χ0n) is 12.2. The van der Waals surface area contributed by atoms with Crippen LogP contribution in [-0.4, -0.2) is 49.3 Å². The third kappa shape index (κ3) is 6.86. The second-order valence-corrected chi connectivity index (χ2v) is 5.20. The number of nitrogens with one attached hydrogen (secondary N) is 2. The first-order chi connectivity index (χ1) is 9.63. The van der Waals surface area contributed by atoms with Crippen molar-refractivity contribution in [3.05, 3.63) is 0 Å². The molecule has 0 saturated carbocycles. The first-order valence-corrected chi connectivity index (χ1v) is 7.45. The lowest BCUT2D eigenvalue weighted by Crippen LogP contribution is -2.35. The van der Waals surface area contributed by atoms with Gasteiger partial charge in [-0.3, -0.25) is 9.59 Å². The Bertz CT molecular complexity index is 304. The molecule has 6 heteroatoms. The lowest BCUT2D eigenvalue weighted by atomic mass is 10.0. The van der Waals surface area contributed by atoms with Gasteiger partial charge in [0, 0.05) is 13.0 Å². The number of hydrogen-bond donors (Lipinski definition) is 3. The Morgan fingerprint density at radius 2 is 2.10 bits per heavy atom. The monoisotopic (exact) mass is 286 g/mol. The Labute approximate surface area is 120 Å². The zero-order chi connectivity index (χ0) is 14.8. The summed E-state index contributed by atoms with van der Waals surface area (Å²) in [4.78, 5) is 22.6. The predicted molar refractivity (Wildman–Crippen MR) is 75.5 cm³/mol. The average Bonchev–Trinajstić information content (AvgIpc) is 2.44. The molecule has 1 saturated heterocycles. The summed E-state index contributed by atoms with van der Waals surface area (Å²) in [6.07, 6.45) is 3.89. The van der Waals surface area contributed by atoms with Crippen LogP contribution in [-0.2, 0) is 14.3 Å². The van der Waals surface area contributed by atoms with Gasteiger partial charge in [0.2, 0.25) is 5.91 Å². The van der Waals surface area contributed by atoms with Crippen LogP contribution in [0, 0.1) is 5.92 Å². The fraction of sp³-hybridized carbons (Fsp3) is 0.857. The minimum Gasteiger partial charge on any atom is -0.481 e. The normalized spacial score (nSPS) is 17.6. The summed E-state index contributed by atoms with van der Waals surface area (Å²) in [7, 11) is 0. The van der Waals surface area contributed by atoms with E-state index in [0.717, 1.165) is 32.4 Å². The van der Waals surface area contributed by atoms with E-state index in [1.54, 1.807) is 0 Å². The number of carbonyl (C=O) groups excluding carboxylic acids is 1. The molecule has 1 unspecified atom stereocenters. The molecule has 1 amide bonds. The second-order valence-electron chi connectivity index (χ2n) is 5.20. The van der Waals surface area contributed by atoms with E-state index in [0.29, 0.717) is 19.4 Å². The third-order valence-electron chi connectivity index (χ3n) is 3.50. The quantitative estimate of drug-likeness (QED) is 0.582. The van der Waals surface area contributed by atoms with E-state index < -0.39 is 11.9 Å². The second kappa shape index (κ2) is 9.72. The number of hydrogen-bond acceptors (Lipinski definition) is 4. The van der Waals surface area contributed by atoms with Crippen molar-refractivity contribution < 1.29 is 19.4 Å². The fourth-order valence-electron chi connectivity index (χ4n) is 2.27. The number of carbonyl (C=O) groups is 2. The number of carboxylic acid groups (broad SMARTS) is 1. The van der Waals surface area contributed by atoms with Crippen molar-refractivity contribution in [1.29, 1.82) is 0 Å². The Kier molecular flexibility index (Phi) is 8.22. The van der Waals surface area contributed by atoms with Gasteiger partial charge < -0.3 is 20.5 Å². The fourth-order valence-corrected chi connectivity index (χ4v) is 2.27. The minimum atomic E-state index is -0.849. The van der Waals surface area contributed by atoms with Gasteiger partial charge in [-0.2, -0.15) is 0 Å². The van der Waals surface area contributed by atoms with Gasteiger partial charge in [0.15, 0.2) is 0 Å². The lowest BCUT2D eigenvalue weighted by Gasteiger charge is -2.22. The van der Waals surface area contributed by atoms with Crippen LogP contribution in [0.5, 0.6) is 0 Å². The maximum atomic E-state index is 11.6. The van der Waals surface area contributed by atoms with Crippen LogP contribution in [0.1, 0.15) is 39.0 Å². The van der Waals surface area contributed by atoms with Gasteiger partial charge >= 0.3 is 5.97 Å². The van der Waals surface area contributed by atoms with Crippen LogP contribution >= 0.6 is 0 Å². The summed E-state index contributed by atoms with van der Waals surface area (Å²) in [5, 5.41) is 14.9. The van der Waals surface area contributed by atoms with Crippen molar-refractivity contribution in [1.82, 2.24) is 10.6 Å². The molecule has 1 fully saturated rings. The molecular formula is C14H26N2O4. The highest BCUT2D eigenvalue weighted by atomic mass is 16.5. The molecule has 0 aromatic rings. The summed E-state index contributed by atoms with van der Waals surface area (Å²) in [6, 6.07) is 0. The molecule has 1 atom stereocenters. The third-order valence-corrected chi connectivity index (χ3v) is 3.50. The molecule has 3 N–H and O–H groups in total. The molecule has 6 nitrogen and oxygen atoms in total. The van der Waals surface area contributed by atoms with Crippen LogP contribution < -0.4 is 10.6 Å². The first-order valence-electron chi connectivity index (χ1n) is 7.45. The number of amides is 1. The summed E-state index contributed by atoms with van der Waals surface area (Å²) < 4.78 is 5.64. The highest BCUT2D eigenvalue weighted by Gasteiger charge is 2.17. The molecule has 116 valence electrons. The van der Waals surface area contributed by atoms with Gasteiger partial charge in [0.25, 0.3) is 0 Å². The van der Waals surface area contributed by atoms with Crippen LogP contribution in [0.3, 0.4) is 0 Å². The first kappa shape index (κ1) is 16.9. The van der Waals surface area contributed by atoms with Crippen LogP contribution in [0.2, 0.25) is 0 Å². The summed E-state index contributed by atoms with van der Waals surface area (Å²) >= 11 is 0. The maximum absolute atomic E-state index is 11.6. The van der Waals surface area contributed by atoms with Crippen LogP contribution in [0.15, 0.2) is 0 Å². The molecule has 0 spiro atoms. The summed E-state index contributed by atoms with van der Waals surface area (Å²) in [5.74, 6) is -1.48. The lowest BCUT2D eigenvalue weighted by molar-refractivity contribution is -0.142. The Hall–Kier alpha value is -1.14. The largest absolute Gasteiger partial charge is 0.481 e. The van der Waals surface area contributed by atoms with Gasteiger partial charge in [0.1, 0.15) is 0 Å². The molecule has 1 aliphatic rings. The van der Waals surface area contributed by atoms with Gasteiger partial charge in [-0.05, 0) is 32.4 Å². The van der Waals surface area contributed by atoms with E-state index in [1.165, 1.54) is 0 Å². The molecule has 0 aliphatic carbocycles. The predicted octanol–water partition coefficient (Wildman–Crippen LogP) is 0.762. The number of rotatable bonds is 9. The highest BCUT2D eigenvalue weighted by Crippen LogP contribution is 2.08. The Balaban J connectivity index is 2.11. The topological polar surface area (TPSA) is 87.7 Å². The van der Waals surface area contributed by atoms with Gasteiger partial charge in [-0.1, -0.05) is 13.3 Å². The molecule has 1 heterocycles. The van der Waals surface area contributed by atoms with E-state index in [9.17, 15) is 9.59 Å². The van der Waals surface area contributed by atoms with Crippen molar-refractivity contribution in [3.8, 4) is 0 Å². The van der Waals surface area contributed by atoms with Crippen LogP contribution in [0.25, 0.3) is 0 Å². The van der Waals surface area contributed by atoms with Crippen molar-refractivity contribution in [2.45, 2.75) is 45.1 Å². The SMILES string of the molecule is CCCC(CNC(=O)CCOC1CCNCC1)C(=O)O. The van der Waals surface area contributed by atoms with E-state index in [4.69, 9.17) is 9.84 Å². The maximum Gasteiger partial charge on any atom is 0.308 e. The molecule has 1 aliphatic heterocycles. The number of aliphatic carboxylic acids is 1. The van der Waals surface area contributed by atoms with Crippen molar-refractivity contribution in [3.63, 3.8) is 0 Å². The summed E-state index contributed by atoms with van der Waals surface area (Å²) in [5.41, 5.74) is 0. The molecule has 0 aromatic heterocycles. The van der Waals surface area contributed by atoms with Crippen molar-refractivity contribution in [2.75, 3.05) is 26.2 Å². The van der Waals surface area contributed by atoms with Crippen molar-refractivity contribution in [2.24, 2.45) is 5.92 Å². The van der Waals surface area contributed by atoms with Crippen LogP contribution in [0.4, 0.5) is 0 Å². The summed E-state index contributed by atoms with van der Waals surface area (Å²) in [6.45, 7) is 4.48. The molecule has 0 radical (unpaired) electrons. The van der Waals surface area contributed by atoms with E-state index in [-0.39, 0.29) is 18.6 Å². The minimum absolute atomic E-state index is 0.138. The van der Waals surface area contributed by atoms with Gasteiger partial charge in [0.05, 0.1) is 18.6 Å². The molecular weight excluding hydrogens is 260 g/mol. The Morgan fingerprint density at radius 3 is 2.70 bits per heavy atom. The van der Waals surface area contributed by atoms with Gasteiger partial charge in [-0.15, -0.1) is 0 Å². The molecule has 0 bridgehead atoms. The number of piperidine rings is 1. The standard InChI is InChI=1S/C14H26N2O4/c1-2-3-11(14(18)19)10-16-13(17)6-9-20-12-4-7-15-8-5-12/h11-12,15H,2-10H2,1H3,(H,16,17)(H,18,19). The van der Waals surface area contributed by atoms with Gasteiger partial charge in [-0.25, -0.2) is 0 Å². The average molecular weight is 286 g/mol. The molecule has 0 aromatic carbocycles. The number of carboxylic acids is 1. The highest BCUT2D eigenvalue weighted by molar-refractivity contribution is 5.77. The van der Waals surface area contributed by atoms with E-state index in [1.807, 2.05) is 6.92 Å². The zero-order valence-corrected chi connectivity index (χ0v) is 12.2. The Morgan fingerprint density at radius 1 is 1.40 bits per heavy atom.